The van der Waals surface area contributed by atoms with E-state index in [1.165, 1.54) is 18.2 Å². The summed E-state index contributed by atoms with van der Waals surface area (Å²) in [5, 5.41) is 41.1. The van der Waals surface area contributed by atoms with Crippen LogP contribution in [0.3, 0.4) is 0 Å². The molecule has 17 heteroatoms. The summed E-state index contributed by atoms with van der Waals surface area (Å²) in [5.41, 5.74) is -0.403. The van der Waals surface area contributed by atoms with Crippen LogP contribution >= 0.6 is 23.5 Å². The second kappa shape index (κ2) is 11.3. The zero-order valence-electron chi connectivity index (χ0n) is 20.8. The quantitative estimate of drug-likeness (QED) is 0.157. The van der Waals surface area contributed by atoms with E-state index < -0.39 is 58.0 Å². The van der Waals surface area contributed by atoms with Gasteiger partial charge in [0, 0.05) is 17.4 Å². The van der Waals surface area contributed by atoms with Crippen molar-refractivity contribution in [2.24, 2.45) is 0 Å². The fourth-order valence-corrected chi connectivity index (χ4v) is 7.17. The van der Waals surface area contributed by atoms with Gasteiger partial charge in [-0.15, -0.1) is 11.8 Å². The maximum atomic E-state index is 13.5. The van der Waals surface area contributed by atoms with Gasteiger partial charge in [0.15, 0.2) is 11.8 Å². The van der Waals surface area contributed by atoms with Gasteiger partial charge >= 0.3 is 17.6 Å². The number of thioether (sulfide) groups is 2. The Labute approximate surface area is 237 Å². The van der Waals surface area contributed by atoms with Crippen molar-refractivity contribution in [1.82, 2.24) is 30.0 Å². The van der Waals surface area contributed by atoms with Gasteiger partial charge in [0.25, 0.3) is 11.8 Å². The summed E-state index contributed by atoms with van der Waals surface area (Å²) >= 11 is 2.21. The highest BCUT2D eigenvalue weighted by Crippen LogP contribution is 2.44. The number of aliphatic carboxylic acids is 2. The maximum Gasteiger partial charge on any atom is 0.364 e. The van der Waals surface area contributed by atoms with E-state index >= 15 is 0 Å². The van der Waals surface area contributed by atoms with Crippen LogP contribution in [0.25, 0.3) is 5.65 Å². The van der Waals surface area contributed by atoms with Gasteiger partial charge in [-0.25, -0.2) is 19.1 Å². The van der Waals surface area contributed by atoms with Gasteiger partial charge in [0.05, 0.1) is 0 Å². The molecule has 1 fully saturated rings. The lowest BCUT2D eigenvalue weighted by Crippen LogP contribution is -2.71. The number of aliphatic hydroxyl groups excluding tert-OH is 1. The monoisotopic (exact) mass is 604 g/mol. The van der Waals surface area contributed by atoms with Gasteiger partial charge < -0.3 is 20.6 Å². The minimum absolute atomic E-state index is 0.000629. The largest absolute Gasteiger partial charge is 0.481 e. The minimum Gasteiger partial charge on any atom is -0.481 e. The highest BCUT2D eigenvalue weighted by Gasteiger charge is 2.55. The van der Waals surface area contributed by atoms with Crippen molar-refractivity contribution in [2.75, 3.05) is 5.75 Å². The number of carboxylic acids is 2. The Kier molecular flexibility index (Phi) is 7.83. The summed E-state index contributed by atoms with van der Waals surface area (Å²) in [6.45, 7) is 0. The van der Waals surface area contributed by atoms with Gasteiger partial charge in [0.1, 0.15) is 28.0 Å². The lowest BCUT2D eigenvalue weighted by atomic mass is 9.99. The number of nitrogens with zero attached hydrogens (tertiary/aromatic N) is 4. The number of nitrogens with one attached hydrogen (secondary N) is 2. The van der Waals surface area contributed by atoms with Crippen LogP contribution < -0.4 is 11.0 Å². The van der Waals surface area contributed by atoms with E-state index in [-0.39, 0.29) is 41.1 Å². The predicted octanol–water partition coefficient (Wildman–Crippen LogP) is 0.354. The van der Waals surface area contributed by atoms with Crippen molar-refractivity contribution in [3.63, 3.8) is 0 Å². The summed E-state index contributed by atoms with van der Waals surface area (Å²) in [6.07, 6.45) is -2.06. The van der Waals surface area contributed by atoms with E-state index in [4.69, 9.17) is 0 Å². The Bertz CT molecular complexity index is 1660. The molecule has 2 aliphatic rings. The number of H-pyrrole nitrogens is 1. The van der Waals surface area contributed by atoms with Crippen LogP contribution in [0.1, 0.15) is 24.5 Å². The van der Waals surface area contributed by atoms with Crippen LogP contribution in [0.4, 0.5) is 4.39 Å². The number of hydrogen-bond donors (Lipinski definition) is 5. The van der Waals surface area contributed by atoms with E-state index in [0.717, 1.165) is 45.1 Å². The van der Waals surface area contributed by atoms with Crippen molar-refractivity contribution < 1.29 is 38.9 Å². The van der Waals surface area contributed by atoms with Crippen molar-refractivity contribution >= 4 is 52.9 Å². The molecule has 3 aromatic rings. The average molecular weight is 605 g/mol. The van der Waals surface area contributed by atoms with E-state index in [0.29, 0.717) is 5.03 Å². The van der Waals surface area contributed by atoms with E-state index in [9.17, 15) is 43.7 Å². The fraction of sp³-hybridized carbons (Fsp3) is 0.292. The molecule has 0 spiro atoms. The van der Waals surface area contributed by atoms with Crippen LogP contribution in [-0.4, -0.2) is 86.2 Å². The van der Waals surface area contributed by atoms with Gasteiger partial charge in [-0.1, -0.05) is 23.9 Å². The lowest BCUT2D eigenvalue weighted by Gasteiger charge is -2.50. The highest BCUT2D eigenvalue weighted by molar-refractivity contribution is 8.01. The number of fused-ring (bicyclic) bond motifs is 2. The molecule has 2 unspecified atom stereocenters. The zero-order valence-corrected chi connectivity index (χ0v) is 22.4. The van der Waals surface area contributed by atoms with Crippen LogP contribution in [0.5, 0.6) is 0 Å². The van der Waals surface area contributed by atoms with Crippen LogP contribution in [0, 0.1) is 5.82 Å². The Morgan fingerprint density at radius 3 is 2.71 bits per heavy atom. The molecule has 0 radical (unpaired) electrons. The molecule has 0 aliphatic carbocycles. The van der Waals surface area contributed by atoms with Crippen molar-refractivity contribution in [1.29, 1.82) is 0 Å². The number of aromatic amines is 1. The first kappa shape index (κ1) is 28.3. The topological polar surface area (TPSA) is 207 Å². The molecule has 14 nitrogen and oxygen atoms in total. The van der Waals surface area contributed by atoms with Gasteiger partial charge in [-0.05, 0) is 41.8 Å². The third-order valence-corrected chi connectivity index (χ3v) is 9.00. The predicted molar refractivity (Wildman–Crippen MR) is 141 cm³/mol. The second-order valence-electron chi connectivity index (χ2n) is 9.04. The number of aliphatic hydroxyl groups is 1. The molecule has 5 N–H and O–H groups in total. The number of carboxylic acid groups (broad SMARTS) is 2. The number of benzene rings is 1. The highest BCUT2D eigenvalue weighted by atomic mass is 32.2. The third-order valence-electron chi connectivity index (χ3n) is 6.43. The summed E-state index contributed by atoms with van der Waals surface area (Å²) in [6, 6.07) is 6.72. The summed E-state index contributed by atoms with van der Waals surface area (Å²) in [5.74, 6) is -4.79. The maximum absolute atomic E-state index is 13.5. The Morgan fingerprint density at radius 1 is 1.22 bits per heavy atom. The Hall–Kier alpha value is -4.22. The second-order valence-corrected chi connectivity index (χ2v) is 11.4. The molecule has 0 saturated carbocycles. The number of aromatic nitrogens is 4. The molecular weight excluding hydrogens is 583 g/mol. The number of β-lactam (4-membered cyclic amide) rings is 1. The molecule has 4 atom stereocenters. The number of rotatable bonds is 10. The Balaban J connectivity index is 1.39. The van der Waals surface area contributed by atoms with Crippen molar-refractivity contribution in [2.45, 2.75) is 40.6 Å². The number of halogens is 1. The number of carbonyl (C=O) groups is 4. The molecular formula is C24H21FN6O8S2. The third kappa shape index (κ3) is 5.55. The van der Waals surface area contributed by atoms with Crippen LogP contribution in [0.15, 0.2) is 57.5 Å². The summed E-state index contributed by atoms with van der Waals surface area (Å²) in [4.78, 5) is 62.5. The summed E-state index contributed by atoms with van der Waals surface area (Å²) in [7, 11) is 0. The lowest BCUT2D eigenvalue weighted by molar-refractivity contribution is -0.151. The molecule has 1 saturated heterocycles. The first-order valence-corrected chi connectivity index (χ1v) is 14.0. The first-order valence-electron chi connectivity index (χ1n) is 12.0. The SMILES string of the molecule is O=C(O)CCC(Sc1ccc2n[nH]c(=O)n2n1)C1=C(C(=O)O)N2C(=O)C(NC(=O)[C@H](O)c3cccc(F)c3)[C@H]2SC1. The molecule has 4 heterocycles. The molecule has 5 rings (SSSR count). The summed E-state index contributed by atoms with van der Waals surface area (Å²) < 4.78 is 14.5. The Morgan fingerprint density at radius 2 is 2.00 bits per heavy atom. The number of amides is 2. The molecule has 214 valence electrons. The van der Waals surface area contributed by atoms with Crippen molar-refractivity contribution in [3.05, 3.63) is 69.5 Å². The first-order chi connectivity index (χ1) is 19.5. The molecule has 2 aromatic heterocycles. The van der Waals surface area contributed by atoms with E-state index in [1.54, 1.807) is 6.07 Å². The van der Waals surface area contributed by atoms with Crippen molar-refractivity contribution in [3.8, 4) is 0 Å². The number of carbonyl (C=O) groups excluding carboxylic acids is 2. The standard InChI is InChI=1S/C24H21FN6O8S2/c25-11-3-1-2-10(8-11)19(34)20(35)26-17-21(36)30-18(23(37)38)12(9-40-22(17)30)13(4-7-16(32)33)41-15-6-5-14-27-28-24(39)31(14)29-15/h1-3,5-6,8,13,17,19,22,34H,4,7,9H2,(H,26,35)(H,28,39)(H,32,33)(H,37,38)/t13?,17?,19-,22-/m1/s1. The average Bonchev–Trinajstić information content (AvgIpc) is 3.32. The minimum atomic E-state index is -1.75. The number of hydrogen-bond acceptors (Lipinski definition) is 10. The molecule has 1 aromatic carbocycles. The normalized spacial score (nSPS) is 19.9. The van der Waals surface area contributed by atoms with Gasteiger partial charge in [-0.3, -0.25) is 19.3 Å². The molecule has 41 heavy (non-hydrogen) atoms. The molecule has 0 bridgehead atoms. The fourth-order valence-electron chi connectivity index (χ4n) is 4.50. The zero-order chi connectivity index (χ0) is 29.4. The molecule has 2 aliphatic heterocycles. The van der Waals surface area contributed by atoms with Crippen LogP contribution in [-0.2, 0) is 19.2 Å². The van der Waals surface area contributed by atoms with E-state index in [2.05, 4.69) is 20.6 Å². The van der Waals surface area contributed by atoms with Gasteiger partial charge in [0.2, 0.25) is 0 Å². The smallest absolute Gasteiger partial charge is 0.364 e. The molecule has 2 amide bonds. The van der Waals surface area contributed by atoms with Gasteiger partial charge in [-0.2, -0.15) is 14.7 Å². The van der Waals surface area contributed by atoms with Crippen LogP contribution in [0.2, 0.25) is 0 Å². The van der Waals surface area contributed by atoms with E-state index in [1.807, 2.05) is 0 Å².